The molecule has 4 heteroatoms. The number of rotatable bonds is 4. The first-order valence-corrected chi connectivity index (χ1v) is 7.76. The molecule has 1 saturated carbocycles. The van der Waals surface area contributed by atoms with Crippen molar-refractivity contribution in [2.45, 2.75) is 31.1 Å². The Hall–Kier alpha value is -2.80. The fraction of sp³-hybridized carbons (Fsp3) is 0.263. The lowest BCUT2D eigenvalue weighted by atomic mass is 9.80. The first-order chi connectivity index (χ1) is 11.2. The zero-order chi connectivity index (χ0) is 16.1. The highest BCUT2D eigenvalue weighted by molar-refractivity contribution is 6.01. The molecule has 23 heavy (non-hydrogen) atoms. The number of nitrogens with one attached hydrogen (secondary N) is 1. The summed E-state index contributed by atoms with van der Waals surface area (Å²) in [7, 11) is 0. The zero-order valence-corrected chi connectivity index (χ0v) is 12.8. The summed E-state index contributed by atoms with van der Waals surface area (Å²) in [6, 6.07) is 13.6. The second kappa shape index (κ2) is 6.53. The second-order valence-electron chi connectivity index (χ2n) is 5.82. The third-order valence-electron chi connectivity index (χ3n) is 4.32. The minimum absolute atomic E-state index is 0.218. The van der Waals surface area contributed by atoms with Crippen LogP contribution in [0.5, 0.6) is 0 Å². The Morgan fingerprint density at radius 2 is 1.96 bits per heavy atom. The maximum absolute atomic E-state index is 11.9. The summed E-state index contributed by atoms with van der Waals surface area (Å²) in [5.74, 6) is 0.415. The van der Waals surface area contributed by atoms with Crippen molar-refractivity contribution in [1.82, 2.24) is 0 Å². The van der Waals surface area contributed by atoms with Gasteiger partial charge in [-0.25, -0.2) is 0 Å². The first kappa shape index (κ1) is 15.1. The second-order valence-corrected chi connectivity index (χ2v) is 5.82. The molecule has 1 fully saturated rings. The van der Waals surface area contributed by atoms with E-state index < -0.39 is 0 Å². The molecule has 1 N–H and O–H groups in total. The van der Waals surface area contributed by atoms with Gasteiger partial charge in [-0.2, -0.15) is 5.26 Å². The molecule has 1 aliphatic rings. The molecule has 0 bridgehead atoms. The highest BCUT2D eigenvalue weighted by Crippen LogP contribution is 2.40. The van der Waals surface area contributed by atoms with Crippen LogP contribution in [0.4, 0.5) is 5.69 Å². The predicted octanol–water partition coefficient (Wildman–Crippen LogP) is 4.27. The highest BCUT2D eigenvalue weighted by Gasteiger charge is 2.35. The van der Waals surface area contributed by atoms with E-state index in [1.165, 1.54) is 6.08 Å². The van der Waals surface area contributed by atoms with E-state index in [9.17, 15) is 10.1 Å². The van der Waals surface area contributed by atoms with Crippen LogP contribution in [0.2, 0.25) is 0 Å². The van der Waals surface area contributed by atoms with Gasteiger partial charge in [0.2, 0.25) is 5.91 Å². The van der Waals surface area contributed by atoms with E-state index in [1.807, 2.05) is 24.3 Å². The monoisotopic (exact) mass is 306 g/mol. The number of furan rings is 1. The molecule has 4 nitrogen and oxygen atoms in total. The smallest absolute Gasteiger partial charge is 0.248 e. The van der Waals surface area contributed by atoms with Crippen molar-refractivity contribution in [3.63, 3.8) is 0 Å². The van der Waals surface area contributed by atoms with Crippen LogP contribution in [0.15, 0.2) is 53.2 Å². The van der Waals surface area contributed by atoms with Crippen molar-refractivity contribution in [2.24, 2.45) is 0 Å². The number of carbonyl (C=O) groups excluding carboxylic acids is 1. The number of nitrogens with zero attached hydrogens (tertiary/aromatic N) is 1. The fourth-order valence-electron chi connectivity index (χ4n) is 3.04. The Labute approximate surface area is 135 Å². The average molecular weight is 306 g/mol. The quantitative estimate of drug-likeness (QED) is 0.858. The van der Waals surface area contributed by atoms with Gasteiger partial charge >= 0.3 is 0 Å². The molecular weight excluding hydrogens is 288 g/mol. The van der Waals surface area contributed by atoms with E-state index in [2.05, 4.69) is 11.4 Å². The van der Waals surface area contributed by atoms with E-state index in [0.29, 0.717) is 11.4 Å². The van der Waals surface area contributed by atoms with Gasteiger partial charge in [-0.3, -0.25) is 4.79 Å². The molecule has 0 unspecified atom stereocenters. The lowest BCUT2D eigenvalue weighted by Gasteiger charge is -2.20. The van der Waals surface area contributed by atoms with Crippen molar-refractivity contribution in [3.8, 4) is 6.07 Å². The van der Waals surface area contributed by atoms with Crippen molar-refractivity contribution >= 4 is 17.7 Å². The van der Waals surface area contributed by atoms with Gasteiger partial charge in [0.15, 0.2) is 0 Å². The lowest BCUT2D eigenvalue weighted by Crippen LogP contribution is -2.19. The van der Waals surface area contributed by atoms with Gasteiger partial charge in [-0.1, -0.05) is 25.0 Å². The third-order valence-corrected chi connectivity index (χ3v) is 4.32. The van der Waals surface area contributed by atoms with Gasteiger partial charge in [-0.05, 0) is 48.7 Å². The van der Waals surface area contributed by atoms with Crippen LogP contribution in [0.1, 0.15) is 37.0 Å². The molecular formula is C19H18N2O2. The molecule has 1 aromatic carbocycles. The van der Waals surface area contributed by atoms with Crippen LogP contribution in [0.3, 0.4) is 0 Å². The summed E-state index contributed by atoms with van der Waals surface area (Å²) < 4.78 is 5.13. The molecule has 0 spiro atoms. The van der Waals surface area contributed by atoms with E-state index >= 15 is 0 Å². The molecule has 1 aromatic heterocycles. The van der Waals surface area contributed by atoms with Gasteiger partial charge in [0.1, 0.15) is 5.76 Å². The third kappa shape index (κ3) is 3.35. The summed E-state index contributed by atoms with van der Waals surface area (Å²) in [6.45, 7) is 0. The molecule has 1 amide bonds. The Balaban J connectivity index is 1.66. The largest absolute Gasteiger partial charge is 0.465 e. The van der Waals surface area contributed by atoms with Crippen LogP contribution < -0.4 is 5.32 Å². The molecule has 0 saturated heterocycles. The number of nitriles is 1. The van der Waals surface area contributed by atoms with Crippen molar-refractivity contribution in [3.05, 3.63) is 60.1 Å². The van der Waals surface area contributed by atoms with Crippen molar-refractivity contribution in [1.29, 1.82) is 5.26 Å². The first-order valence-electron chi connectivity index (χ1n) is 7.76. The molecule has 1 heterocycles. The number of hydrogen-bond acceptors (Lipinski definition) is 3. The minimum Gasteiger partial charge on any atom is -0.465 e. The predicted molar refractivity (Wildman–Crippen MR) is 88.6 cm³/mol. The van der Waals surface area contributed by atoms with Gasteiger partial charge in [0, 0.05) is 11.8 Å². The van der Waals surface area contributed by atoms with Gasteiger partial charge in [0.05, 0.1) is 17.7 Å². The van der Waals surface area contributed by atoms with Crippen LogP contribution in [0.25, 0.3) is 6.08 Å². The summed E-state index contributed by atoms with van der Waals surface area (Å²) in [6.07, 6.45) is 8.65. The molecule has 0 aliphatic heterocycles. The summed E-state index contributed by atoms with van der Waals surface area (Å²) in [5, 5.41) is 12.3. The Morgan fingerprint density at radius 3 is 2.57 bits per heavy atom. The number of hydrogen-bond donors (Lipinski definition) is 1. The number of anilines is 1. The highest BCUT2D eigenvalue weighted by atomic mass is 16.3. The van der Waals surface area contributed by atoms with Crippen molar-refractivity contribution < 1.29 is 9.21 Å². The zero-order valence-electron chi connectivity index (χ0n) is 12.8. The van der Waals surface area contributed by atoms with E-state index in [0.717, 1.165) is 31.2 Å². The standard InChI is InChI=1S/C19H18N2O2/c20-14-19(11-1-2-12-19)15-5-7-16(8-6-15)21-18(22)10-9-17-4-3-13-23-17/h3-10,13H,1-2,11-12H2,(H,21,22)/b10-9+. The maximum atomic E-state index is 11.9. The molecule has 3 rings (SSSR count). The molecule has 116 valence electrons. The summed E-state index contributed by atoms with van der Waals surface area (Å²) in [4.78, 5) is 11.9. The summed E-state index contributed by atoms with van der Waals surface area (Å²) in [5.41, 5.74) is 1.41. The minimum atomic E-state index is -0.346. The Bertz CT molecular complexity index is 731. The Morgan fingerprint density at radius 1 is 1.22 bits per heavy atom. The number of benzene rings is 1. The van der Waals surface area contributed by atoms with Crippen LogP contribution in [-0.2, 0) is 10.2 Å². The van der Waals surface area contributed by atoms with Gasteiger partial charge in [-0.15, -0.1) is 0 Å². The number of carbonyl (C=O) groups is 1. The van der Waals surface area contributed by atoms with Crippen molar-refractivity contribution in [2.75, 3.05) is 5.32 Å². The topological polar surface area (TPSA) is 66.0 Å². The van der Waals surface area contributed by atoms with E-state index in [4.69, 9.17) is 4.42 Å². The molecule has 2 aromatic rings. The van der Waals surface area contributed by atoms with Crippen LogP contribution in [-0.4, -0.2) is 5.91 Å². The normalized spacial score (nSPS) is 16.3. The van der Waals surface area contributed by atoms with Gasteiger partial charge < -0.3 is 9.73 Å². The Kier molecular flexibility index (Phi) is 4.29. The number of amides is 1. The van der Waals surface area contributed by atoms with E-state index in [1.54, 1.807) is 24.5 Å². The average Bonchev–Trinajstić information content (AvgIpc) is 3.26. The van der Waals surface area contributed by atoms with Crippen LogP contribution in [0, 0.1) is 11.3 Å². The SMILES string of the molecule is N#CC1(c2ccc(NC(=O)/C=C/c3ccco3)cc2)CCCC1. The fourth-order valence-corrected chi connectivity index (χ4v) is 3.04. The molecule has 0 atom stereocenters. The molecule has 0 radical (unpaired) electrons. The summed E-state index contributed by atoms with van der Waals surface area (Å²) >= 11 is 0. The van der Waals surface area contributed by atoms with Gasteiger partial charge in [0.25, 0.3) is 0 Å². The van der Waals surface area contributed by atoms with E-state index in [-0.39, 0.29) is 11.3 Å². The maximum Gasteiger partial charge on any atom is 0.248 e. The van der Waals surface area contributed by atoms with Crippen LogP contribution >= 0.6 is 0 Å². The lowest BCUT2D eigenvalue weighted by molar-refractivity contribution is -0.111. The molecule has 1 aliphatic carbocycles.